The van der Waals surface area contributed by atoms with Crippen molar-refractivity contribution < 1.29 is 16.8 Å². The lowest BCUT2D eigenvalue weighted by atomic mass is 10.3. The number of hydrogen-bond donors (Lipinski definition) is 1. The molecule has 2 heterocycles. The van der Waals surface area contributed by atoms with Gasteiger partial charge in [0.25, 0.3) is 10.0 Å². The molecular weight excluding hydrogens is 356 g/mol. The minimum Gasteiger partial charge on any atom is -0.278 e. The molecule has 0 bridgehead atoms. The number of hydrogen-bond acceptors (Lipinski definition) is 5. The summed E-state index contributed by atoms with van der Waals surface area (Å²) in [6.45, 7) is 0.933. The van der Waals surface area contributed by atoms with Gasteiger partial charge in [0, 0.05) is 13.1 Å². The van der Waals surface area contributed by atoms with Crippen LogP contribution in [0.3, 0.4) is 0 Å². The third kappa shape index (κ3) is 3.27. The van der Waals surface area contributed by atoms with E-state index in [9.17, 15) is 16.8 Å². The Morgan fingerprint density at radius 3 is 2.30 bits per heavy atom. The van der Waals surface area contributed by atoms with Crippen LogP contribution < -0.4 is 4.72 Å². The van der Waals surface area contributed by atoms with Gasteiger partial charge in [-0.15, -0.1) is 11.3 Å². The highest BCUT2D eigenvalue weighted by atomic mass is 32.2. The molecule has 2 aromatic rings. The first-order valence-corrected chi connectivity index (χ1v) is 10.9. The Kier molecular flexibility index (Phi) is 4.45. The zero-order valence-electron chi connectivity index (χ0n) is 12.2. The van der Waals surface area contributed by atoms with E-state index in [1.165, 1.54) is 22.5 Å². The molecule has 1 aromatic carbocycles. The number of anilines is 1. The molecule has 1 saturated heterocycles. The number of rotatable bonds is 5. The summed E-state index contributed by atoms with van der Waals surface area (Å²) in [5.41, 5.74) is 0.0767. The molecule has 1 aliphatic heterocycles. The fourth-order valence-electron chi connectivity index (χ4n) is 2.45. The smallest absolute Gasteiger partial charge is 0.271 e. The Morgan fingerprint density at radius 1 is 0.957 bits per heavy atom. The maximum absolute atomic E-state index is 12.7. The molecule has 0 saturated carbocycles. The average molecular weight is 372 g/mol. The van der Waals surface area contributed by atoms with E-state index in [2.05, 4.69) is 4.72 Å². The van der Waals surface area contributed by atoms with Gasteiger partial charge in [0.15, 0.2) is 0 Å². The summed E-state index contributed by atoms with van der Waals surface area (Å²) in [7, 11) is -7.49. The van der Waals surface area contributed by atoms with Crippen molar-refractivity contribution in [2.24, 2.45) is 0 Å². The van der Waals surface area contributed by atoms with Gasteiger partial charge in [0.1, 0.15) is 9.10 Å². The molecule has 3 rings (SSSR count). The second-order valence-corrected chi connectivity index (χ2v) is 9.91. The fraction of sp³-hybridized carbons (Fsp3) is 0.286. The predicted molar refractivity (Wildman–Crippen MR) is 89.6 cm³/mol. The van der Waals surface area contributed by atoms with Crippen molar-refractivity contribution in [3.63, 3.8) is 0 Å². The first-order valence-electron chi connectivity index (χ1n) is 7.07. The molecule has 0 spiro atoms. The van der Waals surface area contributed by atoms with Crippen LogP contribution in [0, 0.1) is 0 Å². The summed E-state index contributed by atoms with van der Waals surface area (Å²) >= 11 is 1.08. The minimum absolute atomic E-state index is 0.0120. The molecule has 1 aliphatic rings. The number of para-hydroxylation sites is 1. The summed E-state index contributed by atoms with van der Waals surface area (Å²) in [6, 6.07) is 9.20. The van der Waals surface area contributed by atoms with E-state index in [4.69, 9.17) is 0 Å². The normalized spacial score (nSPS) is 16.5. The largest absolute Gasteiger partial charge is 0.278 e. The van der Waals surface area contributed by atoms with Gasteiger partial charge in [-0.2, -0.15) is 4.31 Å². The van der Waals surface area contributed by atoms with Crippen molar-refractivity contribution in [3.8, 4) is 0 Å². The number of benzene rings is 1. The van der Waals surface area contributed by atoms with Crippen molar-refractivity contribution in [1.82, 2.24) is 4.31 Å². The zero-order valence-corrected chi connectivity index (χ0v) is 14.6. The summed E-state index contributed by atoms with van der Waals surface area (Å²) in [5, 5.41) is 1.65. The molecule has 6 nitrogen and oxygen atoms in total. The standard InChI is InChI=1S/C14H16N2O4S3/c17-22(18,14-8-5-11-21-14)15-12-6-1-2-7-13(12)23(19,20)16-9-3-4-10-16/h1-2,5-8,11,15H,3-4,9-10H2. The topological polar surface area (TPSA) is 83.5 Å². The van der Waals surface area contributed by atoms with Gasteiger partial charge in [-0.3, -0.25) is 4.72 Å². The van der Waals surface area contributed by atoms with Gasteiger partial charge in [-0.1, -0.05) is 18.2 Å². The number of thiophene rings is 1. The molecule has 0 atom stereocenters. The van der Waals surface area contributed by atoms with Crippen LogP contribution >= 0.6 is 11.3 Å². The van der Waals surface area contributed by atoms with E-state index >= 15 is 0 Å². The molecular formula is C14H16N2O4S3. The van der Waals surface area contributed by atoms with Crippen LogP contribution in [0.25, 0.3) is 0 Å². The number of nitrogens with zero attached hydrogens (tertiary/aromatic N) is 1. The maximum atomic E-state index is 12.7. The molecule has 124 valence electrons. The zero-order chi connectivity index (χ0) is 16.5. The van der Waals surface area contributed by atoms with Gasteiger partial charge in [-0.05, 0) is 36.4 Å². The molecule has 1 fully saturated rings. The highest BCUT2D eigenvalue weighted by Crippen LogP contribution is 2.29. The third-order valence-electron chi connectivity index (χ3n) is 3.57. The van der Waals surface area contributed by atoms with Crippen LogP contribution in [0.15, 0.2) is 50.9 Å². The van der Waals surface area contributed by atoms with E-state index < -0.39 is 20.0 Å². The molecule has 0 amide bonds. The summed E-state index contributed by atoms with van der Waals surface area (Å²) in [6.07, 6.45) is 1.64. The van der Waals surface area contributed by atoms with Crippen molar-refractivity contribution in [2.75, 3.05) is 17.8 Å². The second kappa shape index (κ2) is 6.23. The Bertz CT molecular complexity index is 884. The van der Waals surface area contributed by atoms with Gasteiger partial charge in [-0.25, -0.2) is 16.8 Å². The summed E-state index contributed by atoms with van der Waals surface area (Å²) in [4.78, 5) is -0.0120. The highest BCUT2D eigenvalue weighted by molar-refractivity contribution is 7.94. The van der Waals surface area contributed by atoms with Gasteiger partial charge in [0.2, 0.25) is 10.0 Å². The van der Waals surface area contributed by atoms with Crippen LogP contribution in [-0.4, -0.2) is 34.2 Å². The van der Waals surface area contributed by atoms with Gasteiger partial charge in [0.05, 0.1) is 5.69 Å². The number of sulfonamides is 2. The molecule has 0 radical (unpaired) electrons. The van der Waals surface area contributed by atoms with E-state index in [1.807, 2.05) is 0 Å². The van der Waals surface area contributed by atoms with Crippen molar-refractivity contribution in [1.29, 1.82) is 0 Å². The van der Waals surface area contributed by atoms with Crippen molar-refractivity contribution in [2.45, 2.75) is 21.9 Å². The molecule has 0 aliphatic carbocycles. The monoisotopic (exact) mass is 372 g/mol. The molecule has 23 heavy (non-hydrogen) atoms. The van der Waals surface area contributed by atoms with E-state index in [0.29, 0.717) is 13.1 Å². The minimum atomic E-state index is -3.79. The number of nitrogens with one attached hydrogen (secondary N) is 1. The van der Waals surface area contributed by atoms with Gasteiger partial charge < -0.3 is 0 Å². The Morgan fingerprint density at radius 2 is 1.65 bits per heavy atom. The van der Waals surface area contributed by atoms with Crippen molar-refractivity contribution in [3.05, 3.63) is 41.8 Å². The summed E-state index contributed by atoms with van der Waals surface area (Å²) in [5.74, 6) is 0. The quantitative estimate of drug-likeness (QED) is 0.873. The Hall–Kier alpha value is -1.42. The van der Waals surface area contributed by atoms with Crippen molar-refractivity contribution >= 4 is 37.1 Å². The highest BCUT2D eigenvalue weighted by Gasteiger charge is 2.30. The third-order valence-corrected chi connectivity index (χ3v) is 8.29. The molecule has 1 aromatic heterocycles. The maximum Gasteiger partial charge on any atom is 0.271 e. The van der Waals surface area contributed by atoms with E-state index in [0.717, 1.165) is 24.2 Å². The van der Waals surface area contributed by atoms with E-state index in [-0.39, 0.29) is 14.8 Å². The van der Waals surface area contributed by atoms with Crippen LogP contribution in [-0.2, 0) is 20.0 Å². The van der Waals surface area contributed by atoms with Crippen LogP contribution in [0.2, 0.25) is 0 Å². The summed E-state index contributed by atoms with van der Waals surface area (Å²) < 4.78 is 54.1. The SMILES string of the molecule is O=S(=O)(Nc1ccccc1S(=O)(=O)N1CCCC1)c1cccs1. The Balaban J connectivity index is 1.99. The van der Waals surface area contributed by atoms with Crippen LogP contribution in [0.1, 0.15) is 12.8 Å². The predicted octanol–water partition coefficient (Wildman–Crippen LogP) is 2.33. The van der Waals surface area contributed by atoms with Gasteiger partial charge >= 0.3 is 0 Å². The fourth-order valence-corrected chi connectivity index (χ4v) is 6.26. The molecule has 0 unspecified atom stereocenters. The van der Waals surface area contributed by atoms with Crippen LogP contribution in [0.5, 0.6) is 0 Å². The average Bonchev–Trinajstić information content (AvgIpc) is 3.21. The van der Waals surface area contributed by atoms with Crippen LogP contribution in [0.4, 0.5) is 5.69 Å². The Labute approximate surface area is 139 Å². The second-order valence-electron chi connectivity index (χ2n) is 5.14. The first kappa shape index (κ1) is 16.4. The lowest BCUT2D eigenvalue weighted by Crippen LogP contribution is -2.29. The van der Waals surface area contributed by atoms with E-state index in [1.54, 1.807) is 23.6 Å². The lowest BCUT2D eigenvalue weighted by Gasteiger charge is -2.18. The first-order chi connectivity index (χ1) is 10.9. The molecule has 1 N–H and O–H groups in total. The molecule has 9 heteroatoms. The lowest BCUT2D eigenvalue weighted by molar-refractivity contribution is 0.478.